The lowest BCUT2D eigenvalue weighted by atomic mass is 10.1. The molecule has 0 bridgehead atoms. The third kappa shape index (κ3) is 5.02. The Bertz CT molecular complexity index is 1530. The summed E-state index contributed by atoms with van der Waals surface area (Å²) in [6.45, 7) is 0.408. The summed E-state index contributed by atoms with van der Waals surface area (Å²) in [6, 6.07) is 25.3. The van der Waals surface area contributed by atoms with Crippen LogP contribution in [-0.2, 0) is 11.4 Å². The van der Waals surface area contributed by atoms with Crippen LogP contribution in [0.15, 0.2) is 88.2 Å². The number of methoxy groups -OCH3 is 1. The van der Waals surface area contributed by atoms with Crippen molar-refractivity contribution in [3.8, 4) is 11.5 Å². The summed E-state index contributed by atoms with van der Waals surface area (Å²) in [7, 11) is 1.60. The van der Waals surface area contributed by atoms with Gasteiger partial charge < -0.3 is 9.47 Å². The van der Waals surface area contributed by atoms with Crippen molar-refractivity contribution in [2.75, 3.05) is 12.0 Å². The van der Waals surface area contributed by atoms with Crippen molar-refractivity contribution in [2.24, 2.45) is 0 Å². The molecule has 5 rings (SSSR count). The van der Waals surface area contributed by atoms with Crippen molar-refractivity contribution in [1.82, 2.24) is 0 Å². The Labute approximate surface area is 232 Å². The van der Waals surface area contributed by atoms with E-state index in [0.717, 1.165) is 21.0 Å². The number of carbonyl (C=O) groups is 1. The fourth-order valence-electron chi connectivity index (χ4n) is 3.93. The molecular formula is C28H19BrClNO3S2. The molecule has 1 saturated heterocycles. The van der Waals surface area contributed by atoms with E-state index in [2.05, 4.69) is 40.2 Å². The zero-order chi connectivity index (χ0) is 25.2. The first-order chi connectivity index (χ1) is 17.4. The van der Waals surface area contributed by atoms with E-state index >= 15 is 0 Å². The number of fused-ring (bicyclic) bond motifs is 1. The number of hydrogen-bond donors (Lipinski definition) is 0. The summed E-state index contributed by atoms with van der Waals surface area (Å²) in [5, 5.41) is 2.84. The van der Waals surface area contributed by atoms with Crippen LogP contribution in [0.5, 0.6) is 11.5 Å². The van der Waals surface area contributed by atoms with Crippen LogP contribution in [0.2, 0.25) is 5.02 Å². The van der Waals surface area contributed by atoms with Crippen molar-refractivity contribution < 1.29 is 14.3 Å². The third-order valence-electron chi connectivity index (χ3n) is 5.70. The Morgan fingerprint density at radius 3 is 2.64 bits per heavy atom. The van der Waals surface area contributed by atoms with Crippen LogP contribution in [0.4, 0.5) is 5.69 Å². The van der Waals surface area contributed by atoms with Crippen molar-refractivity contribution in [2.45, 2.75) is 6.61 Å². The van der Waals surface area contributed by atoms with Gasteiger partial charge in [-0.2, -0.15) is 0 Å². The Hall–Kier alpha value is -2.84. The van der Waals surface area contributed by atoms with Crippen LogP contribution in [0.25, 0.3) is 16.8 Å². The predicted octanol–water partition coefficient (Wildman–Crippen LogP) is 8.25. The standard InChI is InChI=1S/C28H19BrClNO3S2/c1-33-25-13-17(9-12-24(25)34-16-19-7-4-6-18-5-2-3-8-21(18)19)14-26-27(32)31(28(35)36-26)20-10-11-22(29)23(30)15-20/h2-15H,16H2,1H3/b26-14-. The van der Waals surface area contributed by atoms with E-state index in [-0.39, 0.29) is 5.91 Å². The second kappa shape index (κ2) is 10.6. The second-order valence-corrected chi connectivity index (χ2v) is 10.9. The van der Waals surface area contributed by atoms with Gasteiger partial charge in [0.25, 0.3) is 5.91 Å². The van der Waals surface area contributed by atoms with Crippen molar-refractivity contribution in [3.63, 3.8) is 0 Å². The zero-order valence-electron chi connectivity index (χ0n) is 19.0. The number of anilines is 1. The first kappa shape index (κ1) is 24.8. The van der Waals surface area contributed by atoms with E-state index in [1.54, 1.807) is 31.4 Å². The fraction of sp³-hybridized carbons (Fsp3) is 0.0714. The van der Waals surface area contributed by atoms with Gasteiger partial charge in [0, 0.05) is 4.47 Å². The van der Waals surface area contributed by atoms with Crippen LogP contribution < -0.4 is 14.4 Å². The van der Waals surface area contributed by atoms with Gasteiger partial charge in [0.2, 0.25) is 0 Å². The van der Waals surface area contributed by atoms with E-state index in [9.17, 15) is 4.79 Å². The molecule has 0 aliphatic carbocycles. The van der Waals surface area contributed by atoms with Crippen LogP contribution in [-0.4, -0.2) is 17.3 Å². The van der Waals surface area contributed by atoms with E-state index in [0.29, 0.717) is 38.0 Å². The minimum atomic E-state index is -0.196. The first-order valence-corrected chi connectivity index (χ1v) is 13.3. The molecule has 180 valence electrons. The number of rotatable bonds is 6. The Morgan fingerprint density at radius 1 is 1.03 bits per heavy atom. The number of carbonyl (C=O) groups excluding carboxylic acids is 1. The summed E-state index contributed by atoms with van der Waals surface area (Å²) in [6.07, 6.45) is 1.80. The maximum Gasteiger partial charge on any atom is 0.270 e. The number of ether oxygens (including phenoxy) is 2. The molecule has 1 aliphatic rings. The van der Waals surface area contributed by atoms with Gasteiger partial charge in [-0.15, -0.1) is 0 Å². The molecule has 1 fully saturated rings. The lowest BCUT2D eigenvalue weighted by molar-refractivity contribution is -0.113. The van der Waals surface area contributed by atoms with Gasteiger partial charge in [-0.3, -0.25) is 9.69 Å². The molecule has 1 amide bonds. The van der Waals surface area contributed by atoms with E-state index in [1.807, 2.05) is 36.4 Å². The summed E-state index contributed by atoms with van der Waals surface area (Å²) >= 11 is 16.3. The quantitative estimate of drug-likeness (QED) is 0.166. The van der Waals surface area contributed by atoms with E-state index in [4.69, 9.17) is 33.3 Å². The highest BCUT2D eigenvalue weighted by molar-refractivity contribution is 9.10. The molecule has 4 aromatic rings. The SMILES string of the molecule is COc1cc(/C=C2\SC(=S)N(c3ccc(Br)c(Cl)c3)C2=O)ccc1OCc1cccc2ccccc12. The van der Waals surface area contributed by atoms with Gasteiger partial charge in [-0.25, -0.2) is 0 Å². The number of thioether (sulfide) groups is 1. The van der Waals surface area contributed by atoms with Crippen molar-refractivity contribution >= 4 is 84.3 Å². The number of nitrogens with zero attached hydrogens (tertiary/aromatic N) is 1. The molecule has 1 heterocycles. The monoisotopic (exact) mass is 595 g/mol. The Balaban J connectivity index is 1.36. The lowest BCUT2D eigenvalue weighted by Gasteiger charge is -2.15. The summed E-state index contributed by atoms with van der Waals surface area (Å²) in [5.74, 6) is 1.01. The predicted molar refractivity (Wildman–Crippen MR) is 156 cm³/mol. The maximum atomic E-state index is 13.1. The highest BCUT2D eigenvalue weighted by Crippen LogP contribution is 2.39. The Kier molecular flexibility index (Phi) is 7.34. The smallest absolute Gasteiger partial charge is 0.270 e. The highest BCUT2D eigenvalue weighted by Gasteiger charge is 2.33. The zero-order valence-corrected chi connectivity index (χ0v) is 23.0. The molecule has 0 radical (unpaired) electrons. The number of thiocarbonyl (C=S) groups is 1. The third-order valence-corrected chi connectivity index (χ3v) is 8.24. The molecule has 0 aromatic heterocycles. The molecule has 8 heteroatoms. The summed E-state index contributed by atoms with van der Waals surface area (Å²) < 4.78 is 12.9. The second-order valence-electron chi connectivity index (χ2n) is 7.95. The first-order valence-electron chi connectivity index (χ1n) is 10.9. The van der Waals surface area contributed by atoms with Gasteiger partial charge in [0.05, 0.1) is 22.7 Å². The van der Waals surface area contributed by atoms with Crippen LogP contribution in [0.3, 0.4) is 0 Å². The Morgan fingerprint density at radius 2 is 1.83 bits per heavy atom. The molecule has 0 unspecified atom stereocenters. The molecule has 36 heavy (non-hydrogen) atoms. The minimum Gasteiger partial charge on any atom is -0.493 e. The summed E-state index contributed by atoms with van der Waals surface area (Å²) in [5.41, 5.74) is 2.53. The summed E-state index contributed by atoms with van der Waals surface area (Å²) in [4.78, 5) is 15.2. The fourth-order valence-corrected chi connectivity index (χ4v) is 5.65. The lowest BCUT2D eigenvalue weighted by Crippen LogP contribution is -2.27. The molecule has 0 spiro atoms. The number of hydrogen-bond acceptors (Lipinski definition) is 5. The highest BCUT2D eigenvalue weighted by atomic mass is 79.9. The van der Waals surface area contributed by atoms with Gasteiger partial charge in [-0.1, -0.05) is 84.1 Å². The van der Waals surface area contributed by atoms with Gasteiger partial charge in [0.15, 0.2) is 15.8 Å². The normalized spacial score (nSPS) is 14.6. The molecule has 1 aliphatic heterocycles. The number of amides is 1. The molecule has 4 aromatic carbocycles. The van der Waals surface area contributed by atoms with Crippen LogP contribution in [0.1, 0.15) is 11.1 Å². The molecular weight excluding hydrogens is 578 g/mol. The van der Waals surface area contributed by atoms with E-state index in [1.165, 1.54) is 22.0 Å². The van der Waals surface area contributed by atoms with Gasteiger partial charge in [-0.05, 0) is 74.2 Å². The van der Waals surface area contributed by atoms with E-state index < -0.39 is 0 Å². The maximum absolute atomic E-state index is 13.1. The van der Waals surface area contributed by atoms with Gasteiger partial charge >= 0.3 is 0 Å². The topological polar surface area (TPSA) is 38.8 Å². The molecule has 0 N–H and O–H groups in total. The average Bonchev–Trinajstić information content (AvgIpc) is 3.17. The number of benzene rings is 4. The molecule has 4 nitrogen and oxygen atoms in total. The van der Waals surface area contributed by atoms with Gasteiger partial charge in [0.1, 0.15) is 6.61 Å². The number of halogens is 2. The molecule has 0 saturated carbocycles. The minimum absolute atomic E-state index is 0.196. The largest absolute Gasteiger partial charge is 0.493 e. The van der Waals surface area contributed by atoms with Crippen LogP contribution in [0, 0.1) is 0 Å². The van der Waals surface area contributed by atoms with Crippen molar-refractivity contribution in [3.05, 3.63) is 104 Å². The van der Waals surface area contributed by atoms with Crippen molar-refractivity contribution in [1.29, 1.82) is 0 Å². The van der Waals surface area contributed by atoms with Crippen LogP contribution >= 0.6 is 51.5 Å². The average molecular weight is 597 g/mol. The molecule has 0 atom stereocenters.